The van der Waals surface area contributed by atoms with Gasteiger partial charge in [-0.05, 0) is 32.5 Å². The van der Waals surface area contributed by atoms with Crippen LogP contribution in [-0.2, 0) is 0 Å². The van der Waals surface area contributed by atoms with Crippen molar-refractivity contribution in [2.75, 3.05) is 25.5 Å². The molecular formula is C11H16N6O. The molecule has 2 aromatic heterocycles. The lowest BCUT2D eigenvalue weighted by Crippen LogP contribution is -2.40. The number of likely N-dealkylation sites (tertiary alicyclic amines) is 1. The van der Waals surface area contributed by atoms with Gasteiger partial charge in [-0.3, -0.25) is 4.79 Å². The Morgan fingerprint density at radius 3 is 3.28 bits per heavy atom. The molecule has 2 aromatic rings. The zero-order chi connectivity index (χ0) is 12.5. The summed E-state index contributed by atoms with van der Waals surface area (Å²) in [5.41, 5.74) is 0.287. The summed E-state index contributed by atoms with van der Waals surface area (Å²) in [4.78, 5) is 13.8. The second-order valence-corrected chi connectivity index (χ2v) is 4.75. The number of hydrogen-bond acceptors (Lipinski definition) is 5. The second-order valence-electron chi connectivity index (χ2n) is 4.75. The van der Waals surface area contributed by atoms with Gasteiger partial charge in [-0.1, -0.05) is 0 Å². The summed E-state index contributed by atoms with van der Waals surface area (Å²) in [6.45, 7) is 2.11. The Hall–Kier alpha value is -1.89. The molecule has 96 valence electrons. The lowest BCUT2D eigenvalue weighted by Gasteiger charge is -2.30. The SMILES string of the molecule is CN1CCC[C@@H](Nc2n[nH]c(=O)c3ccnn23)C1. The van der Waals surface area contributed by atoms with Gasteiger partial charge in [0.1, 0.15) is 5.52 Å². The smallest absolute Gasteiger partial charge is 0.290 e. The Morgan fingerprint density at radius 2 is 2.44 bits per heavy atom. The minimum Gasteiger partial charge on any atom is -0.349 e. The number of aromatic nitrogens is 4. The van der Waals surface area contributed by atoms with Crippen molar-refractivity contribution in [3.8, 4) is 0 Å². The highest BCUT2D eigenvalue weighted by Gasteiger charge is 2.18. The van der Waals surface area contributed by atoms with Crippen LogP contribution in [0.4, 0.5) is 5.95 Å². The van der Waals surface area contributed by atoms with Crippen molar-refractivity contribution in [1.82, 2.24) is 24.7 Å². The zero-order valence-electron chi connectivity index (χ0n) is 10.3. The molecule has 0 amide bonds. The molecule has 1 atom stereocenters. The number of aromatic amines is 1. The van der Waals surface area contributed by atoms with Gasteiger partial charge in [0.15, 0.2) is 0 Å². The summed E-state index contributed by atoms with van der Waals surface area (Å²) >= 11 is 0. The van der Waals surface area contributed by atoms with E-state index in [9.17, 15) is 4.79 Å². The third-order valence-corrected chi connectivity index (χ3v) is 3.30. The number of H-pyrrole nitrogens is 1. The standard InChI is InChI=1S/C11H16N6O/c1-16-6-2-3-8(7-16)13-11-15-14-10(18)9-4-5-12-17(9)11/h4-5,8H,2-3,6-7H2,1H3,(H,13,15)(H,14,18)/t8-/m1/s1. The van der Waals surface area contributed by atoms with E-state index in [0.29, 0.717) is 17.5 Å². The maximum Gasteiger partial charge on any atom is 0.290 e. The van der Waals surface area contributed by atoms with E-state index >= 15 is 0 Å². The number of anilines is 1. The molecule has 0 radical (unpaired) electrons. The molecule has 0 unspecified atom stereocenters. The maximum absolute atomic E-state index is 11.5. The van der Waals surface area contributed by atoms with E-state index < -0.39 is 0 Å². The molecule has 0 spiro atoms. The molecule has 3 rings (SSSR count). The van der Waals surface area contributed by atoms with Crippen molar-refractivity contribution < 1.29 is 0 Å². The van der Waals surface area contributed by atoms with Crippen LogP contribution in [0.3, 0.4) is 0 Å². The van der Waals surface area contributed by atoms with Crippen molar-refractivity contribution in [2.24, 2.45) is 0 Å². The lowest BCUT2D eigenvalue weighted by molar-refractivity contribution is 0.260. The number of nitrogens with zero attached hydrogens (tertiary/aromatic N) is 4. The second kappa shape index (κ2) is 4.41. The number of fused-ring (bicyclic) bond motifs is 1. The Labute approximate surface area is 104 Å². The van der Waals surface area contributed by atoms with E-state index in [1.54, 1.807) is 16.8 Å². The van der Waals surface area contributed by atoms with E-state index in [1.807, 2.05) is 0 Å². The highest BCUT2D eigenvalue weighted by atomic mass is 16.1. The molecule has 3 heterocycles. The summed E-state index contributed by atoms with van der Waals surface area (Å²) in [6, 6.07) is 2.02. The number of likely N-dealkylation sites (N-methyl/N-ethyl adjacent to an activating group) is 1. The predicted octanol–water partition coefficient (Wildman–Crippen LogP) is -0.0763. The third-order valence-electron chi connectivity index (χ3n) is 3.30. The summed E-state index contributed by atoms with van der Waals surface area (Å²) in [7, 11) is 2.11. The van der Waals surface area contributed by atoms with E-state index in [1.165, 1.54) is 6.42 Å². The molecule has 1 saturated heterocycles. The highest BCUT2D eigenvalue weighted by molar-refractivity contribution is 5.47. The molecule has 1 aliphatic heterocycles. The molecule has 1 fully saturated rings. The average Bonchev–Trinajstić information content (AvgIpc) is 2.83. The van der Waals surface area contributed by atoms with Gasteiger partial charge < -0.3 is 10.2 Å². The molecule has 0 aliphatic carbocycles. The summed E-state index contributed by atoms with van der Waals surface area (Å²) < 4.78 is 1.55. The molecule has 18 heavy (non-hydrogen) atoms. The van der Waals surface area contributed by atoms with Crippen LogP contribution in [0.2, 0.25) is 0 Å². The highest BCUT2D eigenvalue weighted by Crippen LogP contribution is 2.13. The fraction of sp³-hybridized carbons (Fsp3) is 0.545. The van der Waals surface area contributed by atoms with Crippen LogP contribution < -0.4 is 10.9 Å². The van der Waals surface area contributed by atoms with E-state index in [-0.39, 0.29) is 5.56 Å². The van der Waals surface area contributed by atoms with Gasteiger partial charge >= 0.3 is 0 Å². The van der Waals surface area contributed by atoms with Gasteiger partial charge in [-0.2, -0.15) is 9.61 Å². The minimum absolute atomic E-state index is 0.223. The van der Waals surface area contributed by atoms with Crippen LogP contribution in [0, 0.1) is 0 Å². The van der Waals surface area contributed by atoms with E-state index in [4.69, 9.17) is 0 Å². The number of hydrogen-bond donors (Lipinski definition) is 2. The van der Waals surface area contributed by atoms with E-state index in [0.717, 1.165) is 19.5 Å². The van der Waals surface area contributed by atoms with Crippen LogP contribution in [0.1, 0.15) is 12.8 Å². The Kier molecular flexibility index (Phi) is 2.75. The zero-order valence-corrected chi connectivity index (χ0v) is 10.3. The van der Waals surface area contributed by atoms with Crippen LogP contribution in [0.25, 0.3) is 5.52 Å². The van der Waals surface area contributed by atoms with Crippen molar-refractivity contribution in [3.05, 3.63) is 22.6 Å². The first-order valence-electron chi connectivity index (χ1n) is 6.11. The van der Waals surface area contributed by atoms with Crippen molar-refractivity contribution in [3.63, 3.8) is 0 Å². The average molecular weight is 248 g/mol. The Bertz CT molecular complexity index is 603. The first-order chi connectivity index (χ1) is 8.74. The Balaban J connectivity index is 1.88. The molecule has 0 saturated carbocycles. The van der Waals surface area contributed by atoms with Crippen molar-refractivity contribution >= 4 is 11.5 Å². The third kappa shape index (κ3) is 1.97. The summed E-state index contributed by atoms with van der Waals surface area (Å²) in [5, 5.41) is 14.0. The fourth-order valence-electron chi connectivity index (χ4n) is 2.41. The molecule has 7 nitrogen and oxygen atoms in total. The van der Waals surface area contributed by atoms with Gasteiger partial charge in [0.05, 0.1) is 6.20 Å². The van der Waals surface area contributed by atoms with Crippen LogP contribution in [0.5, 0.6) is 0 Å². The minimum atomic E-state index is -0.223. The van der Waals surface area contributed by atoms with E-state index in [2.05, 4.69) is 32.6 Å². The molecule has 2 N–H and O–H groups in total. The molecule has 0 bridgehead atoms. The quantitative estimate of drug-likeness (QED) is 0.777. The van der Waals surface area contributed by atoms with Gasteiger partial charge in [-0.25, -0.2) is 5.10 Å². The summed E-state index contributed by atoms with van der Waals surface area (Å²) in [6.07, 6.45) is 3.87. The van der Waals surface area contributed by atoms with Gasteiger partial charge in [-0.15, -0.1) is 5.10 Å². The molecule has 1 aliphatic rings. The first-order valence-corrected chi connectivity index (χ1v) is 6.11. The normalized spacial score (nSPS) is 21.3. The van der Waals surface area contributed by atoms with Gasteiger partial charge in [0, 0.05) is 12.6 Å². The fourth-order valence-corrected chi connectivity index (χ4v) is 2.41. The lowest BCUT2D eigenvalue weighted by atomic mass is 10.1. The number of nitrogens with one attached hydrogen (secondary N) is 2. The Morgan fingerprint density at radius 1 is 1.56 bits per heavy atom. The number of piperidine rings is 1. The van der Waals surface area contributed by atoms with Crippen LogP contribution >= 0.6 is 0 Å². The summed E-state index contributed by atoms with van der Waals surface area (Å²) in [5.74, 6) is 0.593. The van der Waals surface area contributed by atoms with Gasteiger partial charge in [0.2, 0.25) is 5.95 Å². The predicted molar refractivity (Wildman–Crippen MR) is 67.7 cm³/mol. The van der Waals surface area contributed by atoms with Gasteiger partial charge in [0.25, 0.3) is 5.56 Å². The molecule has 0 aromatic carbocycles. The maximum atomic E-state index is 11.5. The molecule has 7 heteroatoms. The first kappa shape index (κ1) is 11.2. The number of rotatable bonds is 2. The monoisotopic (exact) mass is 248 g/mol. The van der Waals surface area contributed by atoms with Crippen molar-refractivity contribution in [2.45, 2.75) is 18.9 Å². The topological polar surface area (TPSA) is 78.3 Å². The van der Waals surface area contributed by atoms with Crippen LogP contribution in [0.15, 0.2) is 17.1 Å². The van der Waals surface area contributed by atoms with Crippen molar-refractivity contribution in [1.29, 1.82) is 0 Å². The van der Waals surface area contributed by atoms with Crippen LogP contribution in [-0.4, -0.2) is 50.9 Å². The largest absolute Gasteiger partial charge is 0.349 e. The molecular weight excluding hydrogens is 232 g/mol.